The third kappa shape index (κ3) is 4.90. The maximum absolute atomic E-state index is 12.8. The molecule has 27 heavy (non-hydrogen) atoms. The van der Waals surface area contributed by atoms with Crippen molar-refractivity contribution in [2.75, 3.05) is 52.9 Å². The number of nitrogens with one attached hydrogen (secondary N) is 1. The zero-order chi connectivity index (χ0) is 19.4. The number of nitrogens with zero attached hydrogens (tertiary/aromatic N) is 4. The van der Waals surface area contributed by atoms with Crippen LogP contribution in [0.3, 0.4) is 0 Å². The van der Waals surface area contributed by atoms with E-state index in [1.165, 1.54) is 0 Å². The highest BCUT2D eigenvalue weighted by Crippen LogP contribution is 2.20. The molecule has 0 aromatic carbocycles. The summed E-state index contributed by atoms with van der Waals surface area (Å²) >= 11 is 0. The molecule has 2 amide bonds. The van der Waals surface area contributed by atoms with E-state index in [1.807, 2.05) is 22.9 Å². The Morgan fingerprint density at radius 2 is 2.00 bits per heavy atom. The minimum atomic E-state index is -0.427. The minimum Gasteiger partial charge on any atom is -0.354 e. The zero-order valence-corrected chi connectivity index (χ0v) is 16.9. The number of carbonyl (C=O) groups excluding carboxylic acids is 2. The molecular weight excluding hydrogens is 342 g/mol. The van der Waals surface area contributed by atoms with Crippen molar-refractivity contribution in [2.24, 2.45) is 5.92 Å². The zero-order valence-electron chi connectivity index (χ0n) is 16.9. The number of rotatable bonds is 7. The van der Waals surface area contributed by atoms with Gasteiger partial charge in [0.25, 0.3) is 5.91 Å². The molecule has 0 bridgehead atoms. The summed E-state index contributed by atoms with van der Waals surface area (Å²) < 4.78 is 1.90. The largest absolute Gasteiger partial charge is 0.354 e. The topological polar surface area (TPSA) is 60.8 Å². The van der Waals surface area contributed by atoms with E-state index in [0.717, 1.165) is 39.1 Å². The van der Waals surface area contributed by atoms with Gasteiger partial charge in [-0.25, -0.2) is 0 Å². The lowest BCUT2D eigenvalue weighted by Crippen LogP contribution is -2.56. The fraction of sp³-hybridized carbons (Fsp3) is 0.700. The molecule has 2 aliphatic heterocycles. The molecule has 0 spiro atoms. The molecule has 0 saturated carbocycles. The van der Waals surface area contributed by atoms with Gasteiger partial charge >= 0.3 is 0 Å². The first-order valence-corrected chi connectivity index (χ1v) is 10.1. The Kier molecular flexibility index (Phi) is 6.55. The molecule has 2 aliphatic rings. The Bertz CT molecular complexity index is 649. The molecule has 3 heterocycles. The molecule has 3 rings (SSSR count). The first kappa shape index (κ1) is 19.9. The van der Waals surface area contributed by atoms with Gasteiger partial charge in [0.05, 0.1) is 6.54 Å². The van der Waals surface area contributed by atoms with Gasteiger partial charge in [0.1, 0.15) is 11.7 Å². The number of likely N-dealkylation sites (N-methyl/N-ethyl adjacent to an activating group) is 1. The van der Waals surface area contributed by atoms with E-state index in [9.17, 15) is 9.59 Å². The summed E-state index contributed by atoms with van der Waals surface area (Å²) in [5.74, 6) is 0.238. The Morgan fingerprint density at radius 1 is 1.26 bits per heavy atom. The second kappa shape index (κ2) is 8.89. The summed E-state index contributed by atoms with van der Waals surface area (Å²) in [6.45, 7) is 11.4. The quantitative estimate of drug-likeness (QED) is 0.714. The van der Waals surface area contributed by atoms with E-state index < -0.39 is 6.04 Å². The summed E-state index contributed by atoms with van der Waals surface area (Å²) in [5.41, 5.74) is 0.676. The highest BCUT2D eigenvalue weighted by Gasteiger charge is 2.36. The van der Waals surface area contributed by atoms with E-state index in [2.05, 4.69) is 36.0 Å². The van der Waals surface area contributed by atoms with Crippen LogP contribution in [0.5, 0.6) is 0 Å². The molecule has 0 radical (unpaired) electrons. The van der Waals surface area contributed by atoms with Crippen LogP contribution < -0.4 is 5.32 Å². The second-order valence-electron chi connectivity index (χ2n) is 8.20. The summed E-state index contributed by atoms with van der Waals surface area (Å²) in [6.07, 6.45) is 2.82. The number of piperazine rings is 1. The van der Waals surface area contributed by atoms with Gasteiger partial charge in [-0.3, -0.25) is 9.59 Å². The third-order valence-electron chi connectivity index (χ3n) is 5.47. The van der Waals surface area contributed by atoms with Gasteiger partial charge < -0.3 is 24.6 Å². The predicted octanol–water partition coefficient (Wildman–Crippen LogP) is 0.722. The van der Waals surface area contributed by atoms with Crippen LogP contribution in [0.25, 0.3) is 0 Å². The van der Waals surface area contributed by atoms with E-state index in [-0.39, 0.29) is 11.8 Å². The lowest BCUT2D eigenvalue weighted by molar-refractivity contribution is -0.126. The van der Waals surface area contributed by atoms with Crippen LogP contribution in [0, 0.1) is 5.92 Å². The summed E-state index contributed by atoms with van der Waals surface area (Å²) in [5, 5.41) is 3.06. The van der Waals surface area contributed by atoms with Gasteiger partial charge in [0, 0.05) is 45.5 Å². The summed E-state index contributed by atoms with van der Waals surface area (Å²) in [6, 6.07) is 3.28. The number of hydrogen-bond donors (Lipinski definition) is 1. The maximum atomic E-state index is 12.8. The molecule has 7 heteroatoms. The minimum absolute atomic E-state index is 0.0401. The maximum Gasteiger partial charge on any atom is 0.271 e. The fourth-order valence-corrected chi connectivity index (χ4v) is 3.87. The molecule has 1 unspecified atom stereocenters. The van der Waals surface area contributed by atoms with Gasteiger partial charge in [-0.2, -0.15) is 0 Å². The molecule has 0 aliphatic carbocycles. The SMILES string of the molecule is CC(C)CN1C(=O)c2cccn2CC1C(=O)NCCCN1CCN(C)CC1. The van der Waals surface area contributed by atoms with Gasteiger partial charge in [0.2, 0.25) is 5.91 Å². The monoisotopic (exact) mass is 375 g/mol. The fourth-order valence-electron chi connectivity index (χ4n) is 3.87. The average molecular weight is 376 g/mol. The number of carbonyl (C=O) groups is 2. The van der Waals surface area contributed by atoms with Crippen LogP contribution in [-0.4, -0.2) is 90.0 Å². The smallest absolute Gasteiger partial charge is 0.271 e. The Labute approximate surface area is 162 Å². The molecule has 1 aromatic rings. The lowest BCUT2D eigenvalue weighted by atomic mass is 10.1. The van der Waals surface area contributed by atoms with E-state index in [4.69, 9.17) is 0 Å². The summed E-state index contributed by atoms with van der Waals surface area (Å²) in [4.78, 5) is 32.2. The van der Waals surface area contributed by atoms with E-state index in [0.29, 0.717) is 31.2 Å². The Balaban J connectivity index is 1.52. The van der Waals surface area contributed by atoms with Crippen LogP contribution in [0.2, 0.25) is 0 Å². The number of amides is 2. The average Bonchev–Trinajstić information content (AvgIpc) is 3.11. The van der Waals surface area contributed by atoms with Crippen LogP contribution in [0.1, 0.15) is 30.8 Å². The second-order valence-corrected chi connectivity index (χ2v) is 8.20. The van der Waals surface area contributed by atoms with Crippen molar-refractivity contribution in [1.29, 1.82) is 0 Å². The molecule has 1 saturated heterocycles. The van der Waals surface area contributed by atoms with Crippen molar-refractivity contribution < 1.29 is 9.59 Å². The predicted molar refractivity (Wildman–Crippen MR) is 106 cm³/mol. The normalized spacial score (nSPS) is 21.6. The standard InChI is InChI=1S/C20H33N5O2/c1-16(2)14-25-18(15-24-9-4-6-17(24)20(25)27)19(26)21-7-5-8-23-12-10-22(3)11-13-23/h4,6,9,16,18H,5,7-8,10-15H2,1-3H3,(H,21,26). The van der Waals surface area contributed by atoms with Crippen LogP contribution in [0.15, 0.2) is 18.3 Å². The highest BCUT2D eigenvalue weighted by molar-refractivity contribution is 5.97. The van der Waals surface area contributed by atoms with Crippen molar-refractivity contribution in [2.45, 2.75) is 32.9 Å². The molecule has 1 aromatic heterocycles. The lowest BCUT2D eigenvalue weighted by Gasteiger charge is -2.36. The van der Waals surface area contributed by atoms with E-state index >= 15 is 0 Å². The molecule has 150 valence electrons. The first-order chi connectivity index (χ1) is 13.0. The van der Waals surface area contributed by atoms with Crippen molar-refractivity contribution in [3.8, 4) is 0 Å². The van der Waals surface area contributed by atoms with E-state index in [1.54, 1.807) is 4.90 Å². The van der Waals surface area contributed by atoms with Gasteiger partial charge in [-0.15, -0.1) is 0 Å². The number of hydrogen-bond acceptors (Lipinski definition) is 4. The van der Waals surface area contributed by atoms with Crippen molar-refractivity contribution >= 4 is 11.8 Å². The van der Waals surface area contributed by atoms with Gasteiger partial charge in [0.15, 0.2) is 0 Å². The van der Waals surface area contributed by atoms with Crippen LogP contribution in [0.4, 0.5) is 0 Å². The molecule has 1 fully saturated rings. The van der Waals surface area contributed by atoms with Crippen molar-refractivity contribution in [3.05, 3.63) is 24.0 Å². The van der Waals surface area contributed by atoms with Crippen molar-refractivity contribution in [3.63, 3.8) is 0 Å². The highest BCUT2D eigenvalue weighted by atomic mass is 16.2. The van der Waals surface area contributed by atoms with Crippen LogP contribution >= 0.6 is 0 Å². The Morgan fingerprint density at radius 3 is 2.70 bits per heavy atom. The summed E-state index contributed by atoms with van der Waals surface area (Å²) in [7, 11) is 2.15. The third-order valence-corrected chi connectivity index (χ3v) is 5.47. The molecule has 7 nitrogen and oxygen atoms in total. The Hall–Kier alpha value is -1.86. The van der Waals surface area contributed by atoms with Crippen LogP contribution in [-0.2, 0) is 11.3 Å². The molecule has 1 N–H and O–H groups in total. The first-order valence-electron chi connectivity index (χ1n) is 10.1. The number of fused-ring (bicyclic) bond motifs is 1. The van der Waals surface area contributed by atoms with Gasteiger partial charge in [-0.1, -0.05) is 13.8 Å². The molecule has 1 atom stereocenters. The van der Waals surface area contributed by atoms with Gasteiger partial charge in [-0.05, 0) is 38.1 Å². The van der Waals surface area contributed by atoms with Crippen molar-refractivity contribution in [1.82, 2.24) is 24.6 Å². The number of aromatic nitrogens is 1. The molecular formula is C20H33N5O2.